The number of ether oxygens (including phenoxy) is 1. The maximum absolute atomic E-state index is 12.5. The highest BCUT2D eigenvalue weighted by atomic mass is 79.9. The Kier molecular flexibility index (Phi) is 6.61. The number of halogens is 3. The van der Waals surface area contributed by atoms with Gasteiger partial charge in [-0.05, 0) is 64.5 Å². The van der Waals surface area contributed by atoms with Gasteiger partial charge in [0, 0.05) is 28.1 Å². The molecule has 0 saturated heterocycles. The van der Waals surface area contributed by atoms with Crippen molar-refractivity contribution in [3.63, 3.8) is 0 Å². The van der Waals surface area contributed by atoms with E-state index in [9.17, 15) is 4.79 Å². The minimum atomic E-state index is -0.471. The predicted molar refractivity (Wildman–Crippen MR) is 132 cm³/mol. The van der Waals surface area contributed by atoms with Crippen LogP contribution in [0.15, 0.2) is 57.7 Å². The van der Waals surface area contributed by atoms with Crippen molar-refractivity contribution >= 4 is 79.2 Å². The molecule has 0 radical (unpaired) electrons. The first-order valence-corrected chi connectivity index (χ1v) is 11.0. The molecule has 2 N–H and O–H groups in total. The molecule has 4 aromatic rings. The molecule has 0 aliphatic heterocycles. The van der Waals surface area contributed by atoms with Crippen LogP contribution in [0, 0.1) is 0 Å². The molecule has 2 aromatic heterocycles. The molecule has 0 fully saturated rings. The van der Waals surface area contributed by atoms with E-state index < -0.39 is 5.91 Å². The van der Waals surface area contributed by atoms with Crippen molar-refractivity contribution in [1.82, 2.24) is 15.3 Å². The zero-order valence-corrected chi connectivity index (χ0v) is 20.2. The van der Waals surface area contributed by atoms with Crippen molar-refractivity contribution in [2.24, 2.45) is 0 Å². The second-order valence-electron chi connectivity index (χ2n) is 6.47. The number of pyridine rings is 1. The number of nitrogens with one attached hydrogen (secondary N) is 2. The first kappa shape index (κ1) is 22.5. The van der Waals surface area contributed by atoms with Crippen LogP contribution >= 0.6 is 51.3 Å². The lowest BCUT2D eigenvalue weighted by molar-refractivity contribution is 0.0977. The van der Waals surface area contributed by atoms with Crippen LogP contribution in [0.3, 0.4) is 0 Å². The first-order valence-electron chi connectivity index (χ1n) is 9.01. The van der Waals surface area contributed by atoms with Gasteiger partial charge in [0.15, 0.2) is 16.4 Å². The molecule has 4 rings (SSSR count). The molecule has 0 atom stereocenters. The summed E-state index contributed by atoms with van der Waals surface area (Å²) in [7, 11) is 1.44. The summed E-state index contributed by atoms with van der Waals surface area (Å²) in [5.41, 5.74) is 2.82. The van der Waals surface area contributed by atoms with E-state index in [0.717, 1.165) is 10.0 Å². The van der Waals surface area contributed by atoms with Gasteiger partial charge in [-0.1, -0.05) is 23.2 Å². The normalized spacial score (nSPS) is 10.8. The van der Waals surface area contributed by atoms with Gasteiger partial charge >= 0.3 is 0 Å². The second-order valence-corrected chi connectivity index (χ2v) is 8.61. The first-order chi connectivity index (χ1) is 15.3. The van der Waals surface area contributed by atoms with E-state index in [1.807, 2.05) is 6.07 Å². The van der Waals surface area contributed by atoms with E-state index in [2.05, 4.69) is 36.5 Å². The number of hydrogen-bond acceptors (Lipinski definition) is 6. The fourth-order valence-electron chi connectivity index (χ4n) is 2.88. The molecule has 162 valence electrons. The number of benzene rings is 2. The van der Waals surface area contributed by atoms with E-state index in [4.69, 9.17) is 44.6 Å². The van der Waals surface area contributed by atoms with Crippen molar-refractivity contribution in [3.05, 3.63) is 68.9 Å². The van der Waals surface area contributed by atoms with E-state index >= 15 is 0 Å². The Labute approximate surface area is 206 Å². The third-order valence-electron chi connectivity index (χ3n) is 4.29. The van der Waals surface area contributed by atoms with Crippen LogP contribution in [-0.2, 0) is 0 Å². The SMILES string of the molecule is COc1c(Cl)cc(C(=O)NC(=S)Nc2ccc3oc(-c4cncc(Br)c4)nc3c2)cc1Cl. The quantitative estimate of drug-likeness (QED) is 0.296. The third-order valence-corrected chi connectivity index (χ3v) is 5.49. The Morgan fingerprint density at radius 2 is 1.91 bits per heavy atom. The maximum Gasteiger partial charge on any atom is 0.257 e. The van der Waals surface area contributed by atoms with Crippen molar-refractivity contribution < 1.29 is 13.9 Å². The number of rotatable bonds is 4. The van der Waals surface area contributed by atoms with Crippen LogP contribution in [-0.4, -0.2) is 28.1 Å². The van der Waals surface area contributed by atoms with Gasteiger partial charge in [0.25, 0.3) is 5.91 Å². The summed E-state index contributed by atoms with van der Waals surface area (Å²) in [6.07, 6.45) is 3.34. The summed E-state index contributed by atoms with van der Waals surface area (Å²) < 4.78 is 11.7. The molecule has 1 amide bonds. The van der Waals surface area contributed by atoms with Crippen LogP contribution in [0.1, 0.15) is 10.4 Å². The van der Waals surface area contributed by atoms with Gasteiger partial charge in [-0.2, -0.15) is 0 Å². The predicted octanol–water partition coefficient (Wildman–Crippen LogP) is 6.09. The number of carbonyl (C=O) groups is 1. The van der Waals surface area contributed by atoms with Gasteiger partial charge in [-0.15, -0.1) is 0 Å². The van der Waals surface area contributed by atoms with Crippen LogP contribution in [0.25, 0.3) is 22.6 Å². The number of anilines is 1. The zero-order chi connectivity index (χ0) is 22.8. The van der Waals surface area contributed by atoms with Crippen molar-refractivity contribution in [3.8, 4) is 17.2 Å². The fourth-order valence-corrected chi connectivity index (χ4v) is 4.10. The van der Waals surface area contributed by atoms with Gasteiger partial charge < -0.3 is 14.5 Å². The molecular formula is C21H13BrCl2N4O3S. The summed E-state index contributed by atoms with van der Waals surface area (Å²) in [6, 6.07) is 10.0. The summed E-state index contributed by atoms with van der Waals surface area (Å²) in [4.78, 5) is 21.1. The minimum absolute atomic E-state index is 0.0947. The standard InChI is InChI=1S/C21H13BrCl2N4O3S/c1-30-18-14(23)5-10(6-15(18)24)19(29)28-21(32)26-13-2-3-17-16(7-13)27-20(31-17)11-4-12(22)9-25-8-11/h2-9H,1H3,(H2,26,28,29,32). The van der Waals surface area contributed by atoms with E-state index in [1.54, 1.807) is 30.6 Å². The molecule has 0 unspecified atom stereocenters. The molecule has 0 bridgehead atoms. The van der Waals surface area contributed by atoms with E-state index in [-0.39, 0.29) is 20.7 Å². The van der Waals surface area contributed by atoms with Crippen LogP contribution in [0.4, 0.5) is 5.69 Å². The topological polar surface area (TPSA) is 89.3 Å². The van der Waals surface area contributed by atoms with Gasteiger partial charge in [0.2, 0.25) is 5.89 Å². The van der Waals surface area contributed by atoms with E-state index in [1.165, 1.54) is 19.2 Å². The summed E-state index contributed by atoms with van der Waals surface area (Å²) in [5, 5.41) is 6.07. The molecule has 7 nitrogen and oxygen atoms in total. The monoisotopic (exact) mass is 550 g/mol. The Balaban J connectivity index is 1.48. The van der Waals surface area contributed by atoms with Crippen LogP contribution < -0.4 is 15.4 Å². The molecule has 0 aliphatic rings. The summed E-state index contributed by atoms with van der Waals surface area (Å²) >= 11 is 20.8. The molecule has 11 heteroatoms. The second kappa shape index (κ2) is 9.41. The van der Waals surface area contributed by atoms with Gasteiger partial charge in [-0.25, -0.2) is 4.98 Å². The molecule has 32 heavy (non-hydrogen) atoms. The number of amides is 1. The molecule has 0 aliphatic carbocycles. The van der Waals surface area contributed by atoms with Gasteiger partial charge in [0.1, 0.15) is 5.52 Å². The highest BCUT2D eigenvalue weighted by Crippen LogP contribution is 2.33. The molecule has 0 spiro atoms. The number of thiocarbonyl (C=S) groups is 1. The molecule has 2 heterocycles. The van der Waals surface area contributed by atoms with Gasteiger partial charge in [-0.3, -0.25) is 15.1 Å². The Bertz CT molecular complexity index is 1340. The van der Waals surface area contributed by atoms with Crippen molar-refractivity contribution in [1.29, 1.82) is 0 Å². The number of methoxy groups -OCH3 is 1. The number of nitrogens with zero attached hydrogens (tertiary/aromatic N) is 2. The number of oxazole rings is 1. The van der Waals surface area contributed by atoms with E-state index in [0.29, 0.717) is 28.4 Å². The van der Waals surface area contributed by atoms with Crippen molar-refractivity contribution in [2.75, 3.05) is 12.4 Å². The average Bonchev–Trinajstić information content (AvgIpc) is 3.17. The fraction of sp³-hybridized carbons (Fsp3) is 0.0476. The lowest BCUT2D eigenvalue weighted by atomic mass is 10.2. The molecular weight excluding hydrogens is 539 g/mol. The number of aromatic nitrogens is 2. The molecule has 0 saturated carbocycles. The summed E-state index contributed by atoms with van der Waals surface area (Å²) in [5.74, 6) is 0.264. The average molecular weight is 552 g/mol. The maximum atomic E-state index is 12.5. The highest BCUT2D eigenvalue weighted by Gasteiger charge is 2.15. The zero-order valence-electron chi connectivity index (χ0n) is 16.3. The highest BCUT2D eigenvalue weighted by molar-refractivity contribution is 9.10. The van der Waals surface area contributed by atoms with Crippen LogP contribution in [0.5, 0.6) is 5.75 Å². The number of carbonyl (C=O) groups excluding carboxylic acids is 1. The van der Waals surface area contributed by atoms with Gasteiger partial charge in [0.05, 0.1) is 22.7 Å². The number of fused-ring (bicyclic) bond motifs is 1. The Morgan fingerprint density at radius 1 is 1.16 bits per heavy atom. The van der Waals surface area contributed by atoms with Crippen LogP contribution in [0.2, 0.25) is 10.0 Å². The largest absolute Gasteiger partial charge is 0.494 e. The van der Waals surface area contributed by atoms with Crippen molar-refractivity contribution in [2.45, 2.75) is 0 Å². The third kappa shape index (κ3) is 4.86. The lowest BCUT2D eigenvalue weighted by Crippen LogP contribution is -2.34. The minimum Gasteiger partial charge on any atom is -0.494 e. The summed E-state index contributed by atoms with van der Waals surface area (Å²) in [6.45, 7) is 0. The number of hydrogen-bond donors (Lipinski definition) is 2. The Hall–Kier alpha value is -2.72. The lowest BCUT2D eigenvalue weighted by Gasteiger charge is -2.11. The molecule has 2 aromatic carbocycles. The Morgan fingerprint density at radius 3 is 2.59 bits per heavy atom. The smallest absolute Gasteiger partial charge is 0.257 e.